The lowest BCUT2D eigenvalue weighted by Gasteiger charge is -2.25. The smallest absolute Gasteiger partial charge is 0.261 e. The Morgan fingerprint density at radius 1 is 1.28 bits per heavy atom. The number of nitrogens with one attached hydrogen (secondary N) is 1. The molecule has 1 aromatic heterocycles. The normalized spacial score (nSPS) is 19.6. The van der Waals surface area contributed by atoms with E-state index in [0.717, 1.165) is 36.8 Å². The number of hydrogen-bond donors (Lipinski definition) is 4. The summed E-state index contributed by atoms with van der Waals surface area (Å²) in [6.07, 6.45) is 5.00. The van der Waals surface area contributed by atoms with Crippen LogP contribution >= 0.6 is 7.37 Å². The second-order valence-electron chi connectivity index (χ2n) is 8.08. The number of anilines is 1. The van der Waals surface area contributed by atoms with Crippen LogP contribution in [-0.2, 0) is 4.57 Å². The van der Waals surface area contributed by atoms with Gasteiger partial charge in [0.25, 0.3) is 11.8 Å². The Hall–Kier alpha value is -1.73. The molecule has 0 aliphatic heterocycles. The van der Waals surface area contributed by atoms with Gasteiger partial charge in [-0.1, -0.05) is 31.4 Å². The average molecular weight is 422 g/mol. The van der Waals surface area contributed by atoms with Gasteiger partial charge in [-0.15, -0.1) is 0 Å². The first-order valence-electron chi connectivity index (χ1n) is 10.2. The van der Waals surface area contributed by atoms with Crippen LogP contribution in [0.3, 0.4) is 0 Å². The van der Waals surface area contributed by atoms with Crippen molar-refractivity contribution in [3.8, 4) is 11.5 Å². The van der Waals surface area contributed by atoms with Crippen LogP contribution in [0.15, 0.2) is 28.8 Å². The number of aliphatic hydroxyl groups is 1. The molecule has 0 bridgehead atoms. The van der Waals surface area contributed by atoms with Crippen LogP contribution in [0.5, 0.6) is 0 Å². The minimum absolute atomic E-state index is 0.0251. The van der Waals surface area contributed by atoms with E-state index in [1.807, 2.05) is 31.2 Å². The summed E-state index contributed by atoms with van der Waals surface area (Å²) in [6, 6.07) is 7.56. The summed E-state index contributed by atoms with van der Waals surface area (Å²) in [7, 11) is -3.31. The standard InChI is InChI=1S/C20H31N4O4P/c1-14(16-7-9-17(10-8-16)19-23-20(21)24-28-19)22-11-18(25)13-29(26,27)12-15-5-3-2-4-6-15/h7-10,14-15,18,22,25H,2-6,11-13H2,1H3,(H2,21,24)(H,26,27)/t14?,18-/m1/s1. The van der Waals surface area contributed by atoms with Gasteiger partial charge in [0.05, 0.1) is 12.3 Å². The zero-order valence-corrected chi connectivity index (χ0v) is 17.7. The van der Waals surface area contributed by atoms with Crippen LogP contribution in [0.1, 0.15) is 50.6 Å². The molecule has 1 aliphatic rings. The highest BCUT2D eigenvalue weighted by Crippen LogP contribution is 2.45. The van der Waals surface area contributed by atoms with Gasteiger partial charge in [0.2, 0.25) is 7.37 Å². The Bertz CT molecular complexity index is 820. The Labute approximate surface area is 171 Å². The number of rotatable bonds is 9. The molecule has 29 heavy (non-hydrogen) atoms. The second kappa shape index (κ2) is 9.85. The summed E-state index contributed by atoms with van der Waals surface area (Å²) in [4.78, 5) is 14.3. The molecule has 3 atom stereocenters. The van der Waals surface area contributed by atoms with Gasteiger partial charge >= 0.3 is 0 Å². The van der Waals surface area contributed by atoms with Gasteiger partial charge < -0.3 is 25.6 Å². The molecule has 5 N–H and O–H groups in total. The molecule has 0 saturated heterocycles. The first-order chi connectivity index (χ1) is 13.8. The number of benzene rings is 1. The van der Waals surface area contributed by atoms with Gasteiger partial charge in [-0.25, -0.2) is 0 Å². The van der Waals surface area contributed by atoms with E-state index in [2.05, 4.69) is 15.5 Å². The second-order valence-corrected chi connectivity index (χ2v) is 10.5. The van der Waals surface area contributed by atoms with Crippen molar-refractivity contribution in [3.05, 3.63) is 29.8 Å². The van der Waals surface area contributed by atoms with Gasteiger partial charge in [0.15, 0.2) is 0 Å². The zero-order valence-electron chi connectivity index (χ0n) is 16.8. The number of nitrogens with zero attached hydrogens (tertiary/aromatic N) is 2. The molecular weight excluding hydrogens is 391 g/mol. The van der Waals surface area contributed by atoms with Crippen molar-refractivity contribution in [2.24, 2.45) is 5.92 Å². The summed E-state index contributed by atoms with van der Waals surface area (Å²) >= 11 is 0. The number of aromatic nitrogens is 2. The predicted molar refractivity (Wildman–Crippen MR) is 113 cm³/mol. The van der Waals surface area contributed by atoms with Crippen molar-refractivity contribution in [1.82, 2.24) is 15.5 Å². The largest absolute Gasteiger partial charge is 0.391 e. The van der Waals surface area contributed by atoms with Crippen molar-refractivity contribution in [2.45, 2.75) is 51.2 Å². The fourth-order valence-corrected chi connectivity index (χ4v) is 6.05. The molecule has 160 valence electrons. The quantitative estimate of drug-likeness (QED) is 0.453. The molecule has 2 aromatic rings. The molecule has 2 unspecified atom stereocenters. The first-order valence-corrected chi connectivity index (χ1v) is 12.3. The molecule has 1 saturated carbocycles. The van der Waals surface area contributed by atoms with E-state index in [9.17, 15) is 14.6 Å². The first kappa shape index (κ1) is 22.0. The summed E-state index contributed by atoms with van der Waals surface area (Å²) < 4.78 is 17.6. The molecular formula is C20H31N4O4P. The maximum atomic E-state index is 12.5. The third-order valence-electron chi connectivity index (χ3n) is 5.52. The lowest BCUT2D eigenvalue weighted by molar-refractivity contribution is 0.186. The summed E-state index contributed by atoms with van der Waals surface area (Å²) in [5.41, 5.74) is 7.26. The van der Waals surface area contributed by atoms with Crippen LogP contribution in [0.25, 0.3) is 11.5 Å². The summed E-state index contributed by atoms with van der Waals surface area (Å²) in [5.74, 6) is 0.783. The van der Waals surface area contributed by atoms with Crippen molar-refractivity contribution < 1.29 is 19.1 Å². The van der Waals surface area contributed by atoms with Crippen LogP contribution in [0, 0.1) is 5.92 Å². The third kappa shape index (κ3) is 6.64. The summed E-state index contributed by atoms with van der Waals surface area (Å²) in [6.45, 7) is 2.24. The molecule has 1 aromatic carbocycles. The van der Waals surface area contributed by atoms with Gasteiger partial charge in [-0.2, -0.15) is 4.98 Å². The van der Waals surface area contributed by atoms with E-state index in [1.165, 1.54) is 6.42 Å². The van der Waals surface area contributed by atoms with Crippen LogP contribution < -0.4 is 11.1 Å². The Balaban J connectivity index is 1.46. The number of nitrogen functional groups attached to an aromatic ring is 1. The molecule has 0 amide bonds. The fraction of sp³-hybridized carbons (Fsp3) is 0.600. The van der Waals surface area contributed by atoms with Crippen molar-refractivity contribution >= 4 is 13.3 Å². The van der Waals surface area contributed by atoms with Gasteiger partial charge in [0, 0.05) is 24.3 Å². The molecule has 1 heterocycles. The van der Waals surface area contributed by atoms with Gasteiger partial charge in [-0.05, 0) is 48.5 Å². The van der Waals surface area contributed by atoms with E-state index in [1.54, 1.807) is 0 Å². The summed E-state index contributed by atoms with van der Waals surface area (Å²) in [5, 5.41) is 17.1. The van der Waals surface area contributed by atoms with Crippen LogP contribution in [-0.4, -0.2) is 45.1 Å². The lowest BCUT2D eigenvalue weighted by atomic mass is 9.91. The maximum Gasteiger partial charge on any atom is 0.261 e. The minimum atomic E-state index is -3.31. The molecule has 0 radical (unpaired) electrons. The Morgan fingerprint density at radius 3 is 2.59 bits per heavy atom. The Morgan fingerprint density at radius 2 is 1.97 bits per heavy atom. The maximum absolute atomic E-state index is 12.5. The van der Waals surface area contributed by atoms with Crippen molar-refractivity contribution in [1.29, 1.82) is 0 Å². The van der Waals surface area contributed by atoms with E-state index in [-0.39, 0.29) is 24.7 Å². The highest BCUT2D eigenvalue weighted by atomic mass is 31.2. The lowest BCUT2D eigenvalue weighted by Crippen LogP contribution is -2.32. The molecule has 8 nitrogen and oxygen atoms in total. The fourth-order valence-electron chi connectivity index (χ4n) is 3.94. The minimum Gasteiger partial charge on any atom is -0.391 e. The average Bonchev–Trinajstić information content (AvgIpc) is 3.12. The topological polar surface area (TPSA) is 134 Å². The molecule has 0 spiro atoms. The number of aliphatic hydroxyl groups excluding tert-OH is 1. The number of nitrogens with two attached hydrogens (primary N) is 1. The highest BCUT2D eigenvalue weighted by Gasteiger charge is 2.28. The molecule has 9 heteroatoms. The number of hydrogen-bond acceptors (Lipinski definition) is 7. The van der Waals surface area contributed by atoms with E-state index in [4.69, 9.17) is 10.3 Å². The van der Waals surface area contributed by atoms with Crippen LogP contribution in [0.2, 0.25) is 0 Å². The molecule has 3 rings (SSSR count). The highest BCUT2D eigenvalue weighted by molar-refractivity contribution is 7.58. The third-order valence-corrected chi connectivity index (χ3v) is 7.60. The van der Waals surface area contributed by atoms with Gasteiger partial charge in [0.1, 0.15) is 0 Å². The van der Waals surface area contributed by atoms with Crippen molar-refractivity contribution in [2.75, 3.05) is 24.6 Å². The molecule has 1 aliphatic carbocycles. The SMILES string of the molecule is CC(NC[C@@H](O)CP(=O)(O)CC1CCCCC1)c1ccc(-c2nc(N)no2)cc1. The molecule has 1 fully saturated rings. The van der Waals surface area contributed by atoms with Crippen molar-refractivity contribution in [3.63, 3.8) is 0 Å². The van der Waals surface area contributed by atoms with Gasteiger partial charge in [-0.3, -0.25) is 4.57 Å². The van der Waals surface area contributed by atoms with Crippen LogP contribution in [0.4, 0.5) is 5.95 Å². The van der Waals surface area contributed by atoms with E-state index < -0.39 is 13.5 Å². The van der Waals surface area contributed by atoms with E-state index >= 15 is 0 Å². The monoisotopic (exact) mass is 422 g/mol. The zero-order chi connectivity index (χ0) is 20.9. The van der Waals surface area contributed by atoms with E-state index in [0.29, 0.717) is 18.0 Å². The Kier molecular flexibility index (Phi) is 7.46. The predicted octanol–water partition coefficient (Wildman–Crippen LogP) is 3.18.